The van der Waals surface area contributed by atoms with Gasteiger partial charge in [0.2, 0.25) is 0 Å². The maximum Gasteiger partial charge on any atom is 0.0218 e. The van der Waals surface area contributed by atoms with Gasteiger partial charge < -0.3 is 5.32 Å². The average Bonchev–Trinajstić information content (AvgIpc) is 2.36. The van der Waals surface area contributed by atoms with Crippen LogP contribution in [0.5, 0.6) is 0 Å². The minimum Gasteiger partial charge on any atom is -0.311 e. The maximum atomic E-state index is 3.80. The van der Waals surface area contributed by atoms with Crippen LogP contribution in [0.2, 0.25) is 0 Å². The lowest BCUT2D eigenvalue weighted by molar-refractivity contribution is -0.0979. The number of likely N-dealkylation sites (tertiary alicyclic amines) is 1. The first-order valence-corrected chi connectivity index (χ1v) is 9.14. The standard InChI is InChI=1S/C18H32N2/c1-13(2)19-17-4-3-5-20(12-17)18-9-14-6-15(10-18)8-16(7-14)11-18/h13-17,19H,3-12H2,1-2H3. The number of rotatable bonds is 3. The topological polar surface area (TPSA) is 15.3 Å². The van der Waals surface area contributed by atoms with Crippen molar-refractivity contribution in [3.05, 3.63) is 0 Å². The third-order valence-corrected chi connectivity index (χ3v) is 6.67. The highest BCUT2D eigenvalue weighted by Gasteiger charge is 2.53. The fourth-order valence-corrected chi connectivity index (χ4v) is 6.47. The summed E-state index contributed by atoms with van der Waals surface area (Å²) in [5, 5.41) is 3.80. The van der Waals surface area contributed by atoms with Crippen molar-refractivity contribution in [2.24, 2.45) is 17.8 Å². The van der Waals surface area contributed by atoms with Gasteiger partial charge in [0, 0.05) is 24.2 Å². The molecule has 0 aromatic heterocycles. The van der Waals surface area contributed by atoms with E-state index in [4.69, 9.17) is 0 Å². The Morgan fingerprint density at radius 3 is 2.15 bits per heavy atom. The molecule has 20 heavy (non-hydrogen) atoms. The summed E-state index contributed by atoms with van der Waals surface area (Å²) in [5.74, 6) is 3.25. The second kappa shape index (κ2) is 4.98. The molecule has 1 saturated heterocycles. The molecule has 0 aromatic rings. The van der Waals surface area contributed by atoms with E-state index in [-0.39, 0.29) is 0 Å². The molecule has 4 bridgehead atoms. The molecule has 5 rings (SSSR count). The number of hydrogen-bond donors (Lipinski definition) is 1. The van der Waals surface area contributed by atoms with Crippen LogP contribution in [0.1, 0.15) is 65.2 Å². The number of hydrogen-bond acceptors (Lipinski definition) is 2. The minimum atomic E-state index is 0.631. The van der Waals surface area contributed by atoms with Gasteiger partial charge >= 0.3 is 0 Å². The molecule has 4 saturated carbocycles. The van der Waals surface area contributed by atoms with Gasteiger partial charge in [-0.25, -0.2) is 0 Å². The molecule has 2 heteroatoms. The van der Waals surface area contributed by atoms with Crippen molar-refractivity contribution < 1.29 is 0 Å². The fraction of sp³-hybridized carbons (Fsp3) is 1.00. The molecule has 1 aliphatic heterocycles. The lowest BCUT2D eigenvalue weighted by Crippen LogP contribution is -2.63. The van der Waals surface area contributed by atoms with E-state index in [1.807, 2.05) is 0 Å². The van der Waals surface area contributed by atoms with Crippen molar-refractivity contribution in [1.29, 1.82) is 0 Å². The van der Waals surface area contributed by atoms with Gasteiger partial charge in [0.05, 0.1) is 0 Å². The summed E-state index contributed by atoms with van der Waals surface area (Å²) in [6, 6.07) is 1.38. The molecule has 0 amide bonds. The first kappa shape index (κ1) is 13.6. The SMILES string of the molecule is CC(C)NC1CCCN(C23CC4CC(CC(C4)C2)C3)C1. The van der Waals surface area contributed by atoms with E-state index in [1.165, 1.54) is 45.2 Å². The van der Waals surface area contributed by atoms with Crippen LogP contribution in [0.3, 0.4) is 0 Å². The monoisotopic (exact) mass is 276 g/mol. The van der Waals surface area contributed by atoms with Crippen molar-refractivity contribution >= 4 is 0 Å². The lowest BCUT2D eigenvalue weighted by atomic mass is 9.52. The van der Waals surface area contributed by atoms with E-state index in [2.05, 4.69) is 24.1 Å². The minimum absolute atomic E-state index is 0.631. The Hall–Kier alpha value is -0.0800. The van der Waals surface area contributed by atoms with Crippen LogP contribution in [0, 0.1) is 17.8 Å². The Bertz CT molecular complexity index is 327. The molecule has 5 aliphatic rings. The van der Waals surface area contributed by atoms with Crippen molar-refractivity contribution in [2.45, 2.75) is 82.8 Å². The number of nitrogens with zero attached hydrogens (tertiary/aromatic N) is 1. The molecule has 0 spiro atoms. The third-order valence-electron chi connectivity index (χ3n) is 6.67. The zero-order valence-electron chi connectivity index (χ0n) is 13.4. The molecule has 1 atom stereocenters. The smallest absolute Gasteiger partial charge is 0.0218 e. The summed E-state index contributed by atoms with van der Waals surface area (Å²) in [6.45, 7) is 7.29. The van der Waals surface area contributed by atoms with Gasteiger partial charge in [-0.05, 0) is 75.7 Å². The van der Waals surface area contributed by atoms with E-state index in [9.17, 15) is 0 Å². The van der Waals surface area contributed by atoms with Crippen molar-refractivity contribution in [3.63, 3.8) is 0 Å². The average molecular weight is 276 g/mol. The Morgan fingerprint density at radius 1 is 1.00 bits per heavy atom. The van der Waals surface area contributed by atoms with Crippen LogP contribution in [-0.2, 0) is 0 Å². The van der Waals surface area contributed by atoms with Crippen LogP contribution < -0.4 is 5.32 Å². The summed E-state index contributed by atoms with van der Waals surface area (Å²) in [7, 11) is 0. The van der Waals surface area contributed by atoms with Gasteiger partial charge in [0.1, 0.15) is 0 Å². The van der Waals surface area contributed by atoms with Crippen LogP contribution in [0.25, 0.3) is 0 Å². The molecule has 0 radical (unpaired) electrons. The summed E-state index contributed by atoms with van der Waals surface area (Å²) in [4.78, 5) is 2.95. The molecule has 0 aromatic carbocycles. The summed E-state index contributed by atoms with van der Waals surface area (Å²) in [6.07, 6.45) is 12.1. The first-order valence-electron chi connectivity index (χ1n) is 9.14. The summed E-state index contributed by atoms with van der Waals surface area (Å²) < 4.78 is 0. The summed E-state index contributed by atoms with van der Waals surface area (Å²) in [5.41, 5.74) is 0.631. The second-order valence-electron chi connectivity index (χ2n) is 8.75. The second-order valence-corrected chi connectivity index (χ2v) is 8.75. The van der Waals surface area contributed by atoms with Gasteiger partial charge in [-0.3, -0.25) is 4.90 Å². The third kappa shape index (κ3) is 2.33. The largest absolute Gasteiger partial charge is 0.311 e. The summed E-state index contributed by atoms with van der Waals surface area (Å²) >= 11 is 0. The number of nitrogens with one attached hydrogen (secondary N) is 1. The molecule has 1 N–H and O–H groups in total. The zero-order valence-corrected chi connectivity index (χ0v) is 13.4. The van der Waals surface area contributed by atoms with Crippen LogP contribution in [0.15, 0.2) is 0 Å². The van der Waals surface area contributed by atoms with E-state index < -0.39 is 0 Å². The van der Waals surface area contributed by atoms with Crippen molar-refractivity contribution in [2.75, 3.05) is 13.1 Å². The van der Waals surface area contributed by atoms with Crippen LogP contribution >= 0.6 is 0 Å². The zero-order chi connectivity index (χ0) is 13.7. The Labute approximate surface area is 124 Å². The molecule has 114 valence electrons. The van der Waals surface area contributed by atoms with Gasteiger partial charge in [0.25, 0.3) is 0 Å². The number of piperidine rings is 1. The lowest BCUT2D eigenvalue weighted by Gasteiger charge is -2.61. The first-order chi connectivity index (χ1) is 9.63. The molecule has 1 unspecified atom stereocenters. The van der Waals surface area contributed by atoms with E-state index in [0.717, 1.165) is 23.8 Å². The normalized spacial score (nSPS) is 48.1. The van der Waals surface area contributed by atoms with Gasteiger partial charge in [-0.2, -0.15) is 0 Å². The molecule has 1 heterocycles. The van der Waals surface area contributed by atoms with Gasteiger partial charge in [-0.1, -0.05) is 13.8 Å². The van der Waals surface area contributed by atoms with Gasteiger partial charge in [-0.15, -0.1) is 0 Å². The predicted molar refractivity (Wildman–Crippen MR) is 83.8 cm³/mol. The van der Waals surface area contributed by atoms with E-state index in [0.29, 0.717) is 11.6 Å². The fourth-order valence-electron chi connectivity index (χ4n) is 6.47. The van der Waals surface area contributed by atoms with E-state index >= 15 is 0 Å². The van der Waals surface area contributed by atoms with Crippen LogP contribution in [0.4, 0.5) is 0 Å². The maximum absolute atomic E-state index is 3.80. The Kier molecular flexibility index (Phi) is 3.38. The highest BCUT2D eigenvalue weighted by molar-refractivity contribution is 5.08. The highest BCUT2D eigenvalue weighted by atomic mass is 15.2. The predicted octanol–water partition coefficient (Wildman–Crippen LogP) is 3.42. The Morgan fingerprint density at radius 2 is 1.60 bits per heavy atom. The van der Waals surface area contributed by atoms with Crippen LogP contribution in [-0.4, -0.2) is 35.6 Å². The molecular weight excluding hydrogens is 244 g/mol. The molecular formula is C18H32N2. The molecule has 5 fully saturated rings. The van der Waals surface area contributed by atoms with Crippen molar-refractivity contribution in [1.82, 2.24) is 10.2 Å². The quantitative estimate of drug-likeness (QED) is 0.850. The molecule has 2 nitrogen and oxygen atoms in total. The Balaban J connectivity index is 1.49. The molecule has 4 aliphatic carbocycles. The van der Waals surface area contributed by atoms with Crippen molar-refractivity contribution in [3.8, 4) is 0 Å². The highest BCUT2D eigenvalue weighted by Crippen LogP contribution is 2.58. The van der Waals surface area contributed by atoms with E-state index in [1.54, 1.807) is 19.3 Å². The van der Waals surface area contributed by atoms with Gasteiger partial charge in [0.15, 0.2) is 0 Å².